The van der Waals surface area contributed by atoms with Crippen molar-refractivity contribution < 1.29 is 9.53 Å². The quantitative estimate of drug-likeness (QED) is 0.768. The molecule has 1 N–H and O–H groups in total. The predicted octanol–water partition coefficient (Wildman–Crippen LogP) is 1.93. The van der Waals surface area contributed by atoms with E-state index >= 15 is 0 Å². The van der Waals surface area contributed by atoms with Gasteiger partial charge in [-0.3, -0.25) is 4.79 Å². The third-order valence-corrected chi connectivity index (χ3v) is 2.09. The molecule has 0 aliphatic heterocycles. The van der Waals surface area contributed by atoms with E-state index in [1.807, 2.05) is 31.2 Å². The fourth-order valence-electron chi connectivity index (χ4n) is 1.28. The summed E-state index contributed by atoms with van der Waals surface area (Å²) >= 11 is 0. The maximum absolute atomic E-state index is 11.5. The van der Waals surface area contributed by atoms with Crippen LogP contribution in [-0.4, -0.2) is 19.6 Å². The molecule has 1 amide bonds. The maximum Gasteiger partial charge on any atom is 0.224 e. The van der Waals surface area contributed by atoms with Crippen LogP contribution in [0.5, 0.6) is 5.75 Å². The van der Waals surface area contributed by atoms with E-state index in [1.54, 1.807) is 7.11 Å². The van der Waals surface area contributed by atoms with E-state index in [4.69, 9.17) is 4.74 Å². The summed E-state index contributed by atoms with van der Waals surface area (Å²) in [5, 5.41) is 2.79. The van der Waals surface area contributed by atoms with Gasteiger partial charge in [-0.15, -0.1) is 0 Å². The Bertz CT molecular complexity index is 385. The minimum absolute atomic E-state index is 0.00347. The molecule has 1 aromatic carbocycles. The van der Waals surface area contributed by atoms with Crippen molar-refractivity contribution in [2.24, 2.45) is 0 Å². The molecule has 0 radical (unpaired) electrons. The lowest BCUT2D eigenvalue weighted by Gasteiger charge is -2.06. The number of hydrogen-bond acceptors (Lipinski definition) is 2. The summed E-state index contributed by atoms with van der Waals surface area (Å²) in [5.74, 6) is 0.765. The van der Waals surface area contributed by atoms with Crippen molar-refractivity contribution in [2.75, 3.05) is 13.7 Å². The lowest BCUT2D eigenvalue weighted by molar-refractivity contribution is -0.120. The van der Waals surface area contributed by atoms with Gasteiger partial charge in [-0.05, 0) is 24.6 Å². The first kappa shape index (κ1) is 12.3. The largest absolute Gasteiger partial charge is 0.497 e. The molecule has 0 aliphatic carbocycles. The molecule has 0 atom stereocenters. The average molecular weight is 219 g/mol. The molecule has 0 spiro atoms. The second-order valence-electron chi connectivity index (χ2n) is 3.76. The van der Waals surface area contributed by atoms with E-state index in [0.717, 1.165) is 16.9 Å². The van der Waals surface area contributed by atoms with Gasteiger partial charge in [0.2, 0.25) is 5.91 Å². The summed E-state index contributed by atoms with van der Waals surface area (Å²) in [4.78, 5) is 11.5. The van der Waals surface area contributed by atoms with E-state index in [1.165, 1.54) is 0 Å². The van der Waals surface area contributed by atoms with Crippen molar-refractivity contribution in [3.05, 3.63) is 42.0 Å². The second kappa shape index (κ2) is 5.95. The molecular formula is C13H17NO2. The van der Waals surface area contributed by atoms with E-state index in [2.05, 4.69) is 11.9 Å². The van der Waals surface area contributed by atoms with Crippen LogP contribution in [0.15, 0.2) is 36.4 Å². The van der Waals surface area contributed by atoms with Crippen LogP contribution in [0, 0.1) is 0 Å². The van der Waals surface area contributed by atoms with Crippen molar-refractivity contribution in [3.63, 3.8) is 0 Å². The molecule has 3 heteroatoms. The number of carbonyl (C=O) groups is 1. The van der Waals surface area contributed by atoms with Gasteiger partial charge in [0.05, 0.1) is 13.5 Å². The van der Waals surface area contributed by atoms with Gasteiger partial charge in [0, 0.05) is 6.54 Å². The van der Waals surface area contributed by atoms with Crippen molar-refractivity contribution in [3.8, 4) is 5.75 Å². The fourth-order valence-corrected chi connectivity index (χ4v) is 1.28. The van der Waals surface area contributed by atoms with Crippen LogP contribution in [0.2, 0.25) is 0 Å². The van der Waals surface area contributed by atoms with Gasteiger partial charge in [0.25, 0.3) is 0 Å². The molecule has 0 heterocycles. The second-order valence-corrected chi connectivity index (χ2v) is 3.76. The van der Waals surface area contributed by atoms with Gasteiger partial charge in [-0.1, -0.05) is 24.3 Å². The maximum atomic E-state index is 11.5. The predicted molar refractivity (Wildman–Crippen MR) is 64.5 cm³/mol. The van der Waals surface area contributed by atoms with Crippen molar-refractivity contribution in [1.29, 1.82) is 0 Å². The van der Waals surface area contributed by atoms with Crippen molar-refractivity contribution in [1.82, 2.24) is 5.32 Å². The Balaban J connectivity index is 2.52. The summed E-state index contributed by atoms with van der Waals surface area (Å²) in [6.07, 6.45) is 0.366. The highest BCUT2D eigenvalue weighted by atomic mass is 16.5. The highest BCUT2D eigenvalue weighted by Gasteiger charge is 2.03. The van der Waals surface area contributed by atoms with Gasteiger partial charge >= 0.3 is 0 Å². The van der Waals surface area contributed by atoms with Crippen LogP contribution in [-0.2, 0) is 11.2 Å². The molecule has 16 heavy (non-hydrogen) atoms. The Morgan fingerprint density at radius 2 is 2.25 bits per heavy atom. The van der Waals surface area contributed by atoms with Gasteiger partial charge < -0.3 is 10.1 Å². The van der Waals surface area contributed by atoms with E-state index in [-0.39, 0.29) is 5.91 Å². The lowest BCUT2D eigenvalue weighted by Crippen LogP contribution is -2.26. The first-order valence-electron chi connectivity index (χ1n) is 5.16. The molecule has 0 fully saturated rings. The molecule has 0 unspecified atom stereocenters. The number of amides is 1. The molecule has 0 saturated carbocycles. The zero-order valence-corrected chi connectivity index (χ0v) is 9.75. The lowest BCUT2D eigenvalue weighted by atomic mass is 10.1. The topological polar surface area (TPSA) is 38.3 Å². The Hall–Kier alpha value is -1.77. The van der Waals surface area contributed by atoms with Crippen LogP contribution >= 0.6 is 0 Å². The molecular weight excluding hydrogens is 202 g/mol. The Morgan fingerprint density at radius 1 is 1.50 bits per heavy atom. The van der Waals surface area contributed by atoms with E-state index in [9.17, 15) is 4.79 Å². The molecule has 0 aliphatic rings. The molecule has 1 aromatic rings. The smallest absolute Gasteiger partial charge is 0.224 e. The Labute approximate surface area is 96.1 Å². The Kier molecular flexibility index (Phi) is 4.58. The molecule has 0 saturated heterocycles. The first-order chi connectivity index (χ1) is 7.61. The summed E-state index contributed by atoms with van der Waals surface area (Å²) < 4.78 is 5.09. The zero-order valence-electron chi connectivity index (χ0n) is 9.75. The number of carbonyl (C=O) groups excluding carboxylic acids is 1. The van der Waals surface area contributed by atoms with E-state index < -0.39 is 0 Å². The van der Waals surface area contributed by atoms with Crippen molar-refractivity contribution in [2.45, 2.75) is 13.3 Å². The van der Waals surface area contributed by atoms with Crippen LogP contribution in [0.4, 0.5) is 0 Å². The van der Waals surface area contributed by atoms with Gasteiger partial charge in [-0.25, -0.2) is 0 Å². The summed E-state index contributed by atoms with van der Waals surface area (Å²) in [6.45, 7) is 6.14. The number of rotatable bonds is 5. The highest BCUT2D eigenvalue weighted by Crippen LogP contribution is 2.12. The van der Waals surface area contributed by atoms with Gasteiger partial charge in [0.1, 0.15) is 5.75 Å². The molecule has 0 bridgehead atoms. The average Bonchev–Trinajstić information content (AvgIpc) is 2.26. The molecule has 1 rings (SSSR count). The van der Waals surface area contributed by atoms with Gasteiger partial charge in [0.15, 0.2) is 0 Å². The van der Waals surface area contributed by atoms with Gasteiger partial charge in [-0.2, -0.15) is 0 Å². The van der Waals surface area contributed by atoms with Crippen LogP contribution in [0.25, 0.3) is 0 Å². The minimum Gasteiger partial charge on any atom is -0.497 e. The molecule has 3 nitrogen and oxygen atoms in total. The Morgan fingerprint density at radius 3 is 2.88 bits per heavy atom. The standard InChI is InChI=1S/C13H17NO2/c1-10(2)9-14-13(15)8-11-5-4-6-12(7-11)16-3/h4-7H,1,8-9H2,2-3H3,(H,14,15). The number of nitrogens with one attached hydrogen (secondary N) is 1. The minimum atomic E-state index is -0.00347. The number of ether oxygens (including phenoxy) is 1. The fraction of sp³-hybridized carbons (Fsp3) is 0.308. The number of benzene rings is 1. The number of methoxy groups -OCH3 is 1. The third-order valence-electron chi connectivity index (χ3n) is 2.09. The summed E-state index contributed by atoms with van der Waals surface area (Å²) in [5.41, 5.74) is 1.89. The summed E-state index contributed by atoms with van der Waals surface area (Å²) in [7, 11) is 1.61. The van der Waals surface area contributed by atoms with Crippen LogP contribution in [0.3, 0.4) is 0 Å². The molecule has 86 valence electrons. The van der Waals surface area contributed by atoms with Crippen LogP contribution < -0.4 is 10.1 Å². The van der Waals surface area contributed by atoms with Crippen molar-refractivity contribution >= 4 is 5.91 Å². The third kappa shape index (κ3) is 4.17. The molecule has 0 aromatic heterocycles. The zero-order chi connectivity index (χ0) is 12.0. The highest BCUT2D eigenvalue weighted by molar-refractivity contribution is 5.78. The monoisotopic (exact) mass is 219 g/mol. The number of hydrogen-bond donors (Lipinski definition) is 1. The first-order valence-corrected chi connectivity index (χ1v) is 5.16. The van der Waals surface area contributed by atoms with Crippen LogP contribution in [0.1, 0.15) is 12.5 Å². The summed E-state index contributed by atoms with van der Waals surface area (Å²) in [6, 6.07) is 7.50. The van der Waals surface area contributed by atoms with E-state index in [0.29, 0.717) is 13.0 Å². The SMILES string of the molecule is C=C(C)CNC(=O)Cc1cccc(OC)c1. The normalized spacial score (nSPS) is 9.62.